The Bertz CT molecular complexity index is 661. The van der Waals surface area contributed by atoms with E-state index < -0.39 is 5.82 Å². The minimum absolute atomic E-state index is 0.0767. The molecule has 0 amide bonds. The van der Waals surface area contributed by atoms with E-state index in [0.717, 1.165) is 5.56 Å². The molecule has 0 saturated heterocycles. The van der Waals surface area contributed by atoms with Gasteiger partial charge < -0.3 is 0 Å². The smallest absolute Gasteiger partial charge is 0.147 e. The average molecular weight is 372 g/mol. The van der Waals surface area contributed by atoms with Crippen LogP contribution in [0.3, 0.4) is 0 Å². The third-order valence-electron chi connectivity index (χ3n) is 3.65. The van der Waals surface area contributed by atoms with E-state index in [-0.39, 0.29) is 11.1 Å². The molecule has 0 spiro atoms. The molecule has 0 aliphatic heterocycles. The van der Waals surface area contributed by atoms with Gasteiger partial charge in [-0.3, -0.25) is 11.3 Å². The summed E-state index contributed by atoms with van der Waals surface area (Å²) in [6.45, 7) is 4.12. The zero-order valence-electron chi connectivity index (χ0n) is 11.9. The van der Waals surface area contributed by atoms with Crippen molar-refractivity contribution in [3.63, 3.8) is 0 Å². The largest absolute Gasteiger partial charge is 0.271 e. The maximum atomic E-state index is 14.3. The molecule has 1 unspecified atom stereocenters. The fourth-order valence-corrected chi connectivity index (χ4v) is 2.71. The van der Waals surface area contributed by atoms with Crippen molar-refractivity contribution in [3.05, 3.63) is 67.9 Å². The van der Waals surface area contributed by atoms with Crippen LogP contribution in [-0.4, -0.2) is 0 Å². The van der Waals surface area contributed by atoms with E-state index in [2.05, 4.69) is 47.3 Å². The Morgan fingerprint density at radius 2 is 1.95 bits per heavy atom. The van der Waals surface area contributed by atoms with Crippen LogP contribution in [-0.2, 0) is 6.42 Å². The quantitative estimate of drug-likeness (QED) is 0.468. The molecule has 0 aromatic heterocycles. The molecule has 2 aromatic rings. The van der Waals surface area contributed by atoms with Gasteiger partial charge in [0.25, 0.3) is 0 Å². The highest BCUT2D eigenvalue weighted by atomic mass is 79.9. The fourth-order valence-electron chi connectivity index (χ4n) is 2.23. The number of benzene rings is 2. The Kier molecular flexibility index (Phi) is 5.38. The molecule has 0 aliphatic carbocycles. The number of nitrogens with one attached hydrogen (secondary N) is 1. The summed E-state index contributed by atoms with van der Waals surface area (Å²) in [5, 5.41) is 0.0767. The lowest BCUT2D eigenvalue weighted by Gasteiger charge is -2.18. The van der Waals surface area contributed by atoms with E-state index in [1.54, 1.807) is 12.1 Å². The van der Waals surface area contributed by atoms with Crippen LogP contribution >= 0.6 is 27.5 Å². The number of hydrogen-bond acceptors (Lipinski definition) is 2. The van der Waals surface area contributed by atoms with Crippen molar-refractivity contribution >= 4 is 27.5 Å². The van der Waals surface area contributed by atoms with Crippen LogP contribution in [0.25, 0.3) is 0 Å². The summed E-state index contributed by atoms with van der Waals surface area (Å²) >= 11 is 9.15. The van der Waals surface area contributed by atoms with Gasteiger partial charge in [0.05, 0.1) is 11.1 Å². The molecule has 2 rings (SSSR count). The van der Waals surface area contributed by atoms with Crippen molar-refractivity contribution in [2.24, 2.45) is 5.84 Å². The second kappa shape index (κ2) is 6.88. The van der Waals surface area contributed by atoms with Crippen LogP contribution in [0.2, 0.25) is 5.02 Å². The van der Waals surface area contributed by atoms with E-state index in [1.165, 1.54) is 11.1 Å². The summed E-state index contributed by atoms with van der Waals surface area (Å²) in [6.07, 6.45) is 0.590. The molecule has 2 aromatic carbocycles. The predicted molar refractivity (Wildman–Crippen MR) is 88.8 cm³/mol. The lowest BCUT2D eigenvalue weighted by atomic mass is 9.96. The topological polar surface area (TPSA) is 38.0 Å². The van der Waals surface area contributed by atoms with E-state index in [9.17, 15) is 4.39 Å². The minimum Gasteiger partial charge on any atom is -0.271 e. The number of rotatable bonds is 4. The van der Waals surface area contributed by atoms with Gasteiger partial charge in [0.1, 0.15) is 5.82 Å². The Labute approximate surface area is 137 Å². The summed E-state index contributed by atoms with van der Waals surface area (Å²) in [6, 6.07) is 9.27. The molecule has 0 bridgehead atoms. The molecule has 3 N–H and O–H groups in total. The van der Waals surface area contributed by atoms with E-state index in [0.29, 0.717) is 16.5 Å². The van der Waals surface area contributed by atoms with Gasteiger partial charge in [-0.25, -0.2) is 4.39 Å². The number of hydrogen-bond donors (Lipinski definition) is 2. The first-order chi connectivity index (χ1) is 9.93. The number of hydrazine groups is 1. The van der Waals surface area contributed by atoms with Gasteiger partial charge in [0.15, 0.2) is 0 Å². The summed E-state index contributed by atoms with van der Waals surface area (Å²) < 4.78 is 14.8. The van der Waals surface area contributed by atoms with E-state index in [4.69, 9.17) is 17.4 Å². The van der Waals surface area contributed by atoms with Crippen LogP contribution in [0.1, 0.15) is 28.3 Å². The Balaban J connectivity index is 2.32. The SMILES string of the molecule is Cc1ccc(CC(NN)c2ccc(Br)c(Cl)c2F)cc1C. The highest BCUT2D eigenvalue weighted by Gasteiger charge is 2.18. The van der Waals surface area contributed by atoms with Crippen LogP contribution in [0.15, 0.2) is 34.8 Å². The summed E-state index contributed by atoms with van der Waals surface area (Å²) in [5.41, 5.74) is 6.67. The van der Waals surface area contributed by atoms with E-state index in [1.807, 2.05) is 6.07 Å². The normalized spacial score (nSPS) is 12.5. The molecular weight excluding hydrogens is 355 g/mol. The average Bonchev–Trinajstić information content (AvgIpc) is 2.47. The first-order valence-corrected chi connectivity index (χ1v) is 7.76. The highest BCUT2D eigenvalue weighted by molar-refractivity contribution is 9.10. The lowest BCUT2D eigenvalue weighted by Crippen LogP contribution is -2.30. The first kappa shape index (κ1) is 16.4. The van der Waals surface area contributed by atoms with Crippen LogP contribution < -0.4 is 11.3 Å². The number of halogens is 3. The predicted octanol–water partition coefficient (Wildman–Crippen LogP) is 4.61. The molecule has 2 nitrogen and oxygen atoms in total. The van der Waals surface area contributed by atoms with Gasteiger partial charge in [-0.15, -0.1) is 0 Å². The summed E-state index contributed by atoms with van der Waals surface area (Å²) in [7, 11) is 0. The molecule has 0 radical (unpaired) electrons. The molecule has 0 heterocycles. The number of nitrogens with two attached hydrogens (primary N) is 1. The van der Waals surface area contributed by atoms with Crippen LogP contribution in [0.4, 0.5) is 4.39 Å². The second-order valence-electron chi connectivity index (χ2n) is 5.11. The summed E-state index contributed by atoms with van der Waals surface area (Å²) in [4.78, 5) is 0. The van der Waals surface area contributed by atoms with Gasteiger partial charge in [0, 0.05) is 10.0 Å². The zero-order chi connectivity index (χ0) is 15.6. The fraction of sp³-hybridized carbons (Fsp3) is 0.250. The maximum absolute atomic E-state index is 14.3. The standard InChI is InChI=1S/C16H17BrClFN2/c1-9-3-4-11(7-10(9)2)8-14(21-20)12-5-6-13(17)15(18)16(12)19/h3-7,14,21H,8,20H2,1-2H3. The van der Waals surface area contributed by atoms with E-state index >= 15 is 0 Å². The Hall–Kier alpha value is -0.940. The first-order valence-electron chi connectivity index (χ1n) is 6.59. The molecule has 1 atom stereocenters. The second-order valence-corrected chi connectivity index (χ2v) is 6.34. The third kappa shape index (κ3) is 3.64. The van der Waals surface area contributed by atoms with Crippen molar-refractivity contribution in [3.8, 4) is 0 Å². The van der Waals surface area contributed by atoms with Crippen molar-refractivity contribution in [2.75, 3.05) is 0 Å². The molecule has 5 heteroatoms. The molecule has 0 fully saturated rings. The van der Waals surface area contributed by atoms with Crippen LogP contribution in [0.5, 0.6) is 0 Å². The zero-order valence-corrected chi connectivity index (χ0v) is 14.2. The highest BCUT2D eigenvalue weighted by Crippen LogP contribution is 2.31. The monoisotopic (exact) mass is 370 g/mol. The molecular formula is C16H17BrClFN2. The van der Waals surface area contributed by atoms with Gasteiger partial charge in [-0.1, -0.05) is 35.9 Å². The third-order valence-corrected chi connectivity index (χ3v) is 4.91. The maximum Gasteiger partial charge on any atom is 0.147 e. The van der Waals surface area contributed by atoms with Crippen molar-refractivity contribution < 1.29 is 4.39 Å². The minimum atomic E-state index is -0.446. The van der Waals surface area contributed by atoms with Crippen LogP contribution in [0, 0.1) is 19.7 Å². The van der Waals surface area contributed by atoms with Crippen molar-refractivity contribution in [1.82, 2.24) is 5.43 Å². The molecule has 0 aliphatic rings. The van der Waals surface area contributed by atoms with Gasteiger partial charge in [0.2, 0.25) is 0 Å². The lowest BCUT2D eigenvalue weighted by molar-refractivity contribution is 0.510. The van der Waals surface area contributed by atoms with Gasteiger partial charge in [-0.2, -0.15) is 0 Å². The molecule has 0 saturated carbocycles. The summed E-state index contributed by atoms with van der Waals surface area (Å²) in [5.74, 6) is 5.16. The Morgan fingerprint density at radius 1 is 1.24 bits per heavy atom. The van der Waals surface area contributed by atoms with Crippen molar-refractivity contribution in [1.29, 1.82) is 0 Å². The van der Waals surface area contributed by atoms with Crippen molar-refractivity contribution in [2.45, 2.75) is 26.3 Å². The molecule has 21 heavy (non-hydrogen) atoms. The Morgan fingerprint density at radius 3 is 2.57 bits per heavy atom. The van der Waals surface area contributed by atoms with Gasteiger partial charge in [-0.05, 0) is 59.0 Å². The van der Waals surface area contributed by atoms with Gasteiger partial charge >= 0.3 is 0 Å². The molecule has 112 valence electrons. The number of aryl methyl sites for hydroxylation is 2.